The molecule has 0 heteroatoms. The maximum Gasteiger partial charge on any atom is -0.0224 e. The van der Waals surface area contributed by atoms with Crippen molar-refractivity contribution in [2.24, 2.45) is 0 Å². The van der Waals surface area contributed by atoms with Crippen LogP contribution in [-0.4, -0.2) is 0 Å². The van der Waals surface area contributed by atoms with Gasteiger partial charge in [0, 0.05) is 0 Å². The lowest BCUT2D eigenvalue weighted by Crippen LogP contribution is -1.88. The predicted molar refractivity (Wildman–Crippen MR) is 90.9 cm³/mol. The van der Waals surface area contributed by atoms with Gasteiger partial charge in [-0.3, -0.25) is 0 Å². The predicted octanol–water partition coefficient (Wildman–Crippen LogP) is 5.73. The normalized spacial score (nSPS) is 11.0. The lowest BCUT2D eigenvalue weighted by atomic mass is 9.98. The maximum absolute atomic E-state index is 3.86. The van der Waals surface area contributed by atoms with E-state index in [2.05, 4.69) is 76.8 Å². The number of hydrogen-bond donors (Lipinski definition) is 0. The molecule has 2 aromatic rings. The van der Waals surface area contributed by atoms with Gasteiger partial charge in [-0.15, -0.1) is 0 Å². The Labute approximate surface area is 122 Å². The van der Waals surface area contributed by atoms with Crippen LogP contribution in [0.2, 0.25) is 0 Å². The highest BCUT2D eigenvalue weighted by molar-refractivity contribution is 5.74. The van der Waals surface area contributed by atoms with Gasteiger partial charge in [0.15, 0.2) is 0 Å². The van der Waals surface area contributed by atoms with Crippen molar-refractivity contribution in [2.75, 3.05) is 0 Å². The summed E-state index contributed by atoms with van der Waals surface area (Å²) >= 11 is 0. The van der Waals surface area contributed by atoms with Crippen LogP contribution in [-0.2, 0) is 0 Å². The molecule has 0 unspecified atom stereocenters. The Balaban J connectivity index is 2.39. The molecule has 0 aliphatic carbocycles. The van der Waals surface area contributed by atoms with Crippen LogP contribution >= 0.6 is 0 Å². The highest BCUT2D eigenvalue weighted by Gasteiger charge is 2.00. The molecule has 0 aliphatic rings. The molecule has 20 heavy (non-hydrogen) atoms. The van der Waals surface area contributed by atoms with Gasteiger partial charge in [0.2, 0.25) is 0 Å². The van der Waals surface area contributed by atoms with E-state index in [9.17, 15) is 0 Å². The average molecular weight is 262 g/mol. The smallest absolute Gasteiger partial charge is 0.0224 e. The molecule has 0 nitrogen and oxygen atoms in total. The van der Waals surface area contributed by atoms with Gasteiger partial charge in [0.25, 0.3) is 0 Å². The molecule has 0 amide bonds. The van der Waals surface area contributed by atoms with Crippen molar-refractivity contribution in [3.05, 3.63) is 75.9 Å². The summed E-state index contributed by atoms with van der Waals surface area (Å²) < 4.78 is 0. The molecule has 0 saturated carbocycles. The SMILES string of the molecule is C=Cc1cc(C)c(/C=C/c2cc(C)ccc2C)cc1C. The van der Waals surface area contributed by atoms with E-state index in [0.29, 0.717) is 0 Å². The Hall–Kier alpha value is -2.08. The van der Waals surface area contributed by atoms with Crippen LogP contribution in [0.15, 0.2) is 36.9 Å². The molecule has 0 N–H and O–H groups in total. The summed E-state index contributed by atoms with van der Waals surface area (Å²) in [6.45, 7) is 12.4. The minimum absolute atomic E-state index is 1.21. The van der Waals surface area contributed by atoms with Gasteiger partial charge >= 0.3 is 0 Å². The van der Waals surface area contributed by atoms with E-state index in [4.69, 9.17) is 0 Å². The van der Waals surface area contributed by atoms with E-state index in [1.165, 1.54) is 38.9 Å². The molecular weight excluding hydrogens is 240 g/mol. The molecule has 2 aromatic carbocycles. The van der Waals surface area contributed by atoms with Gasteiger partial charge in [-0.1, -0.05) is 60.7 Å². The molecule has 0 spiro atoms. The van der Waals surface area contributed by atoms with E-state index < -0.39 is 0 Å². The zero-order valence-electron chi connectivity index (χ0n) is 12.8. The van der Waals surface area contributed by atoms with Crippen molar-refractivity contribution in [3.63, 3.8) is 0 Å². The average Bonchev–Trinajstić information content (AvgIpc) is 2.42. The fraction of sp³-hybridized carbons (Fsp3) is 0.200. The molecular formula is C20H22. The van der Waals surface area contributed by atoms with E-state index in [1.807, 2.05) is 6.08 Å². The zero-order chi connectivity index (χ0) is 14.7. The summed E-state index contributed by atoms with van der Waals surface area (Å²) in [7, 11) is 0. The lowest BCUT2D eigenvalue weighted by molar-refractivity contribution is 1.35. The second-order valence-corrected chi connectivity index (χ2v) is 5.46. The Morgan fingerprint density at radius 1 is 0.700 bits per heavy atom. The molecule has 0 radical (unpaired) electrons. The second kappa shape index (κ2) is 5.92. The third-order valence-corrected chi connectivity index (χ3v) is 3.75. The highest BCUT2D eigenvalue weighted by Crippen LogP contribution is 2.20. The van der Waals surface area contributed by atoms with Crippen molar-refractivity contribution < 1.29 is 0 Å². The van der Waals surface area contributed by atoms with Crippen LogP contribution in [0.5, 0.6) is 0 Å². The van der Waals surface area contributed by atoms with Crippen LogP contribution in [0.3, 0.4) is 0 Å². The van der Waals surface area contributed by atoms with Gasteiger partial charge in [-0.05, 0) is 61.1 Å². The topological polar surface area (TPSA) is 0 Å². The molecule has 0 aliphatic heterocycles. The largest absolute Gasteiger partial charge is 0.0985 e. The summed E-state index contributed by atoms with van der Waals surface area (Å²) in [6, 6.07) is 11.0. The van der Waals surface area contributed by atoms with Crippen molar-refractivity contribution >= 4 is 18.2 Å². The number of benzene rings is 2. The lowest BCUT2D eigenvalue weighted by Gasteiger charge is -2.07. The summed E-state index contributed by atoms with van der Waals surface area (Å²) in [5.41, 5.74) is 8.93. The summed E-state index contributed by atoms with van der Waals surface area (Å²) in [4.78, 5) is 0. The van der Waals surface area contributed by atoms with Crippen molar-refractivity contribution in [1.29, 1.82) is 0 Å². The molecule has 0 aromatic heterocycles. The van der Waals surface area contributed by atoms with E-state index in [0.717, 1.165) is 0 Å². The summed E-state index contributed by atoms with van der Waals surface area (Å²) in [5, 5.41) is 0. The standard InChI is InChI=1S/C20H22/c1-6-18-12-17(5)20(13-16(18)4)10-9-19-11-14(2)7-8-15(19)3/h6-13H,1H2,2-5H3/b10-9+. The van der Waals surface area contributed by atoms with E-state index in [1.54, 1.807) is 0 Å². The first-order valence-corrected chi connectivity index (χ1v) is 7.00. The Kier molecular flexibility index (Phi) is 4.24. The monoisotopic (exact) mass is 262 g/mol. The van der Waals surface area contributed by atoms with Crippen molar-refractivity contribution in [2.45, 2.75) is 27.7 Å². The molecule has 102 valence electrons. The maximum atomic E-state index is 3.86. The van der Waals surface area contributed by atoms with Crippen molar-refractivity contribution in [3.8, 4) is 0 Å². The first-order chi connectivity index (χ1) is 9.51. The molecule has 0 bridgehead atoms. The van der Waals surface area contributed by atoms with Gasteiger partial charge in [-0.25, -0.2) is 0 Å². The number of hydrogen-bond acceptors (Lipinski definition) is 0. The van der Waals surface area contributed by atoms with Crippen molar-refractivity contribution in [1.82, 2.24) is 0 Å². The minimum Gasteiger partial charge on any atom is -0.0985 e. The first kappa shape index (κ1) is 14.3. The third-order valence-electron chi connectivity index (χ3n) is 3.75. The first-order valence-electron chi connectivity index (χ1n) is 7.00. The number of aryl methyl sites for hydroxylation is 4. The quantitative estimate of drug-likeness (QED) is 0.619. The fourth-order valence-electron chi connectivity index (χ4n) is 2.38. The van der Waals surface area contributed by atoms with Gasteiger partial charge in [0.05, 0.1) is 0 Å². The van der Waals surface area contributed by atoms with Crippen LogP contribution in [0.1, 0.15) is 38.9 Å². The Morgan fingerprint density at radius 2 is 1.25 bits per heavy atom. The minimum atomic E-state index is 1.21. The second-order valence-electron chi connectivity index (χ2n) is 5.46. The number of rotatable bonds is 3. The Bertz CT molecular complexity index is 673. The molecule has 0 heterocycles. The highest BCUT2D eigenvalue weighted by atomic mass is 14.1. The third kappa shape index (κ3) is 3.08. The summed E-state index contributed by atoms with van der Waals surface area (Å²) in [6.07, 6.45) is 6.33. The van der Waals surface area contributed by atoms with E-state index >= 15 is 0 Å². The van der Waals surface area contributed by atoms with Gasteiger partial charge in [0.1, 0.15) is 0 Å². The van der Waals surface area contributed by atoms with Crippen LogP contribution in [0.4, 0.5) is 0 Å². The molecule has 0 saturated heterocycles. The van der Waals surface area contributed by atoms with Crippen LogP contribution in [0.25, 0.3) is 18.2 Å². The fourth-order valence-corrected chi connectivity index (χ4v) is 2.38. The van der Waals surface area contributed by atoms with E-state index in [-0.39, 0.29) is 0 Å². The zero-order valence-corrected chi connectivity index (χ0v) is 12.8. The van der Waals surface area contributed by atoms with Gasteiger partial charge in [-0.2, -0.15) is 0 Å². The Morgan fingerprint density at radius 3 is 1.90 bits per heavy atom. The van der Waals surface area contributed by atoms with Crippen LogP contribution in [0, 0.1) is 27.7 Å². The molecule has 0 atom stereocenters. The molecule has 2 rings (SSSR count). The summed E-state index contributed by atoms with van der Waals surface area (Å²) in [5.74, 6) is 0. The van der Waals surface area contributed by atoms with Gasteiger partial charge < -0.3 is 0 Å². The molecule has 0 fully saturated rings. The van der Waals surface area contributed by atoms with Crippen LogP contribution < -0.4 is 0 Å².